The van der Waals surface area contributed by atoms with Crippen LogP contribution in [0.2, 0.25) is 0 Å². The Morgan fingerprint density at radius 1 is 0.897 bits per heavy atom. The van der Waals surface area contributed by atoms with Gasteiger partial charge in [0.2, 0.25) is 5.91 Å². The summed E-state index contributed by atoms with van der Waals surface area (Å²) >= 11 is 0. The molecule has 0 radical (unpaired) electrons. The molecule has 6 heteroatoms. The summed E-state index contributed by atoms with van der Waals surface area (Å²) in [6.07, 6.45) is 4.60. The molecule has 1 fully saturated rings. The molecule has 0 bridgehead atoms. The maximum Gasteiger partial charge on any atom is 0.261 e. The summed E-state index contributed by atoms with van der Waals surface area (Å²) in [6.45, 7) is 4.38. The van der Waals surface area contributed by atoms with Gasteiger partial charge < -0.3 is 19.7 Å². The molecule has 0 saturated heterocycles. The minimum atomic E-state index is -0.682. The van der Waals surface area contributed by atoms with Gasteiger partial charge >= 0.3 is 0 Å². The van der Waals surface area contributed by atoms with Crippen molar-refractivity contribution in [2.24, 2.45) is 0 Å². The summed E-state index contributed by atoms with van der Waals surface area (Å²) in [5.41, 5.74) is 3.09. The molecule has 3 aromatic carbocycles. The topological polar surface area (TPSA) is 67.9 Å². The predicted octanol–water partition coefficient (Wildman–Crippen LogP) is 5.90. The van der Waals surface area contributed by atoms with Crippen LogP contribution >= 0.6 is 0 Å². The zero-order valence-corrected chi connectivity index (χ0v) is 23.3. The van der Waals surface area contributed by atoms with Crippen LogP contribution in [-0.4, -0.2) is 42.5 Å². The van der Waals surface area contributed by atoms with Crippen molar-refractivity contribution < 1.29 is 19.1 Å². The number of carbonyl (C=O) groups is 2. The second-order valence-corrected chi connectivity index (χ2v) is 10.6. The highest BCUT2D eigenvalue weighted by Crippen LogP contribution is 2.22. The Kier molecular flexibility index (Phi) is 10.0. The van der Waals surface area contributed by atoms with Crippen LogP contribution in [0, 0.1) is 0 Å². The quantitative estimate of drug-likeness (QED) is 0.318. The third-order valence-electron chi connectivity index (χ3n) is 7.37. The lowest BCUT2D eigenvalue weighted by atomic mass is 10.0. The van der Waals surface area contributed by atoms with Crippen molar-refractivity contribution in [2.75, 3.05) is 13.7 Å². The number of hydrogen-bond donors (Lipinski definition) is 1. The molecule has 1 saturated carbocycles. The molecule has 0 aromatic heterocycles. The second kappa shape index (κ2) is 13.8. The van der Waals surface area contributed by atoms with Gasteiger partial charge in [0.1, 0.15) is 17.5 Å². The minimum Gasteiger partial charge on any atom is -0.497 e. The third-order valence-corrected chi connectivity index (χ3v) is 7.37. The Hall–Kier alpha value is -3.80. The first-order valence-corrected chi connectivity index (χ1v) is 13.9. The van der Waals surface area contributed by atoms with Crippen LogP contribution in [0.3, 0.4) is 0 Å². The number of rotatable bonds is 12. The molecular formula is C33H40N2O4. The lowest BCUT2D eigenvalue weighted by molar-refractivity contribution is -0.143. The zero-order chi connectivity index (χ0) is 27.6. The normalized spacial score (nSPS) is 14.2. The van der Waals surface area contributed by atoms with E-state index in [0.717, 1.165) is 36.8 Å². The Bertz CT molecular complexity index is 1200. The van der Waals surface area contributed by atoms with Crippen molar-refractivity contribution >= 4 is 11.8 Å². The van der Waals surface area contributed by atoms with Gasteiger partial charge in [-0.15, -0.1) is 0 Å². The molecule has 1 aliphatic rings. The Balaban J connectivity index is 1.60. The number of nitrogens with one attached hydrogen (secondary N) is 1. The van der Waals surface area contributed by atoms with Crippen molar-refractivity contribution in [3.8, 4) is 11.5 Å². The molecule has 3 aromatic rings. The fourth-order valence-corrected chi connectivity index (χ4v) is 5.07. The molecule has 6 nitrogen and oxygen atoms in total. The molecule has 2 amide bonds. The smallest absolute Gasteiger partial charge is 0.261 e. The SMILES string of the molecule is COc1cccc(CN(C(=O)COc2ccc(C(C)C)cc2)[C@@H](Cc2ccccc2)C(=O)NC2CCCC2)c1. The second-order valence-electron chi connectivity index (χ2n) is 10.6. The molecule has 39 heavy (non-hydrogen) atoms. The van der Waals surface area contributed by atoms with E-state index in [1.54, 1.807) is 12.0 Å². The van der Waals surface area contributed by atoms with Gasteiger partial charge in [-0.1, -0.05) is 81.3 Å². The fraction of sp³-hybridized carbons (Fsp3) is 0.394. The van der Waals surface area contributed by atoms with E-state index in [2.05, 4.69) is 19.2 Å². The average Bonchev–Trinajstić information content (AvgIpc) is 3.47. The van der Waals surface area contributed by atoms with Gasteiger partial charge in [0.15, 0.2) is 6.61 Å². The molecule has 1 atom stereocenters. The number of methoxy groups -OCH3 is 1. The van der Waals surface area contributed by atoms with Crippen molar-refractivity contribution in [3.05, 3.63) is 95.6 Å². The fourth-order valence-electron chi connectivity index (χ4n) is 5.07. The van der Waals surface area contributed by atoms with Crippen LogP contribution < -0.4 is 14.8 Å². The molecule has 0 heterocycles. The number of ether oxygens (including phenoxy) is 2. The highest BCUT2D eigenvalue weighted by atomic mass is 16.5. The van der Waals surface area contributed by atoms with Gasteiger partial charge in [-0.05, 0) is 59.7 Å². The third kappa shape index (κ3) is 8.09. The van der Waals surface area contributed by atoms with E-state index in [9.17, 15) is 9.59 Å². The molecule has 0 spiro atoms. The number of amides is 2. The maximum absolute atomic E-state index is 13.8. The Morgan fingerprint density at radius 3 is 2.26 bits per heavy atom. The first-order valence-electron chi connectivity index (χ1n) is 13.9. The summed E-state index contributed by atoms with van der Waals surface area (Å²) in [5.74, 6) is 1.38. The Morgan fingerprint density at radius 2 is 1.59 bits per heavy atom. The van der Waals surface area contributed by atoms with Crippen molar-refractivity contribution in [1.29, 1.82) is 0 Å². The van der Waals surface area contributed by atoms with Crippen LogP contribution in [0.25, 0.3) is 0 Å². The van der Waals surface area contributed by atoms with E-state index in [1.807, 2.05) is 78.9 Å². The lowest BCUT2D eigenvalue weighted by Gasteiger charge is -2.32. The highest BCUT2D eigenvalue weighted by molar-refractivity contribution is 5.88. The van der Waals surface area contributed by atoms with Crippen LogP contribution in [0.4, 0.5) is 0 Å². The summed E-state index contributed by atoms with van der Waals surface area (Å²) in [4.78, 5) is 29.2. The summed E-state index contributed by atoms with van der Waals surface area (Å²) in [7, 11) is 1.62. The molecule has 4 rings (SSSR count). The van der Waals surface area contributed by atoms with E-state index in [0.29, 0.717) is 23.8 Å². The molecule has 1 aliphatic carbocycles. The molecule has 0 unspecified atom stereocenters. The number of nitrogens with zero attached hydrogens (tertiary/aromatic N) is 1. The number of benzene rings is 3. The first-order chi connectivity index (χ1) is 18.9. The van der Waals surface area contributed by atoms with E-state index < -0.39 is 6.04 Å². The van der Waals surface area contributed by atoms with Crippen molar-refractivity contribution in [1.82, 2.24) is 10.2 Å². The van der Waals surface area contributed by atoms with Crippen molar-refractivity contribution in [2.45, 2.75) is 70.5 Å². The van der Waals surface area contributed by atoms with Crippen LogP contribution in [0.15, 0.2) is 78.9 Å². The van der Waals surface area contributed by atoms with Crippen LogP contribution in [0.1, 0.15) is 62.1 Å². The van der Waals surface area contributed by atoms with Gasteiger partial charge in [0.25, 0.3) is 5.91 Å². The van der Waals surface area contributed by atoms with E-state index >= 15 is 0 Å². The van der Waals surface area contributed by atoms with Gasteiger partial charge in [-0.2, -0.15) is 0 Å². The van der Waals surface area contributed by atoms with Crippen LogP contribution in [0.5, 0.6) is 11.5 Å². The summed E-state index contributed by atoms with van der Waals surface area (Å²) in [6, 6.07) is 24.8. The minimum absolute atomic E-state index is 0.122. The zero-order valence-electron chi connectivity index (χ0n) is 23.3. The Labute approximate surface area is 232 Å². The molecular weight excluding hydrogens is 488 g/mol. The van der Waals surface area contributed by atoms with Gasteiger partial charge in [0, 0.05) is 19.0 Å². The van der Waals surface area contributed by atoms with Crippen molar-refractivity contribution in [3.63, 3.8) is 0 Å². The van der Waals surface area contributed by atoms with E-state index in [4.69, 9.17) is 9.47 Å². The maximum atomic E-state index is 13.8. The summed E-state index contributed by atoms with van der Waals surface area (Å²) < 4.78 is 11.3. The lowest BCUT2D eigenvalue weighted by Crippen LogP contribution is -2.53. The van der Waals surface area contributed by atoms with Gasteiger partial charge in [-0.3, -0.25) is 9.59 Å². The largest absolute Gasteiger partial charge is 0.497 e. The van der Waals surface area contributed by atoms with Gasteiger partial charge in [0.05, 0.1) is 7.11 Å². The molecule has 206 valence electrons. The monoisotopic (exact) mass is 528 g/mol. The first kappa shape index (κ1) is 28.2. The van der Waals surface area contributed by atoms with E-state index in [1.165, 1.54) is 5.56 Å². The van der Waals surface area contributed by atoms with E-state index in [-0.39, 0.29) is 31.0 Å². The molecule has 0 aliphatic heterocycles. The number of carbonyl (C=O) groups excluding carboxylic acids is 2. The summed E-state index contributed by atoms with van der Waals surface area (Å²) in [5, 5.41) is 3.24. The molecule has 1 N–H and O–H groups in total. The highest BCUT2D eigenvalue weighted by Gasteiger charge is 2.32. The van der Waals surface area contributed by atoms with Gasteiger partial charge in [-0.25, -0.2) is 0 Å². The average molecular weight is 529 g/mol. The predicted molar refractivity (Wildman–Crippen MR) is 154 cm³/mol. The standard InChI is InChI=1S/C33H40N2O4/c1-24(2)27-16-18-29(19-17-27)39-23-32(36)35(22-26-12-9-15-30(20-26)38-3)31(21-25-10-5-4-6-11-25)33(37)34-28-13-7-8-14-28/h4-6,9-12,15-20,24,28,31H,7-8,13-14,21-23H2,1-3H3,(H,34,37)/t31-/m0/s1. The number of hydrogen-bond acceptors (Lipinski definition) is 4. The van der Waals surface area contributed by atoms with Crippen LogP contribution in [-0.2, 0) is 22.6 Å².